The monoisotopic (exact) mass is 224 g/mol. The molecular formula is C13H20O3. The molecule has 90 valence electrons. The third-order valence-electron chi connectivity index (χ3n) is 3.35. The van der Waals surface area contributed by atoms with E-state index < -0.39 is 0 Å². The van der Waals surface area contributed by atoms with Crippen LogP contribution in [0.25, 0.3) is 0 Å². The molecule has 2 atom stereocenters. The summed E-state index contributed by atoms with van der Waals surface area (Å²) in [6.45, 7) is 2.74. The van der Waals surface area contributed by atoms with Gasteiger partial charge >= 0.3 is 0 Å². The van der Waals surface area contributed by atoms with E-state index in [1.54, 1.807) is 6.07 Å². The van der Waals surface area contributed by atoms with Crippen LogP contribution in [-0.2, 0) is 18.0 Å². The zero-order chi connectivity index (χ0) is 11.4. The summed E-state index contributed by atoms with van der Waals surface area (Å²) in [7, 11) is 0. The average molecular weight is 224 g/mol. The van der Waals surface area contributed by atoms with Crippen molar-refractivity contribution in [1.82, 2.24) is 0 Å². The molecule has 1 aliphatic rings. The smallest absolute Gasteiger partial charge is 0.130 e. The predicted molar refractivity (Wildman–Crippen MR) is 60.8 cm³/mol. The molecular weight excluding hydrogens is 204 g/mol. The molecule has 0 radical (unpaired) electrons. The molecule has 1 fully saturated rings. The number of hydrogen-bond acceptors (Lipinski definition) is 3. The summed E-state index contributed by atoms with van der Waals surface area (Å²) in [4.78, 5) is 0. The van der Waals surface area contributed by atoms with Crippen LogP contribution in [0.5, 0.6) is 0 Å². The van der Waals surface area contributed by atoms with Crippen molar-refractivity contribution in [3.63, 3.8) is 0 Å². The van der Waals surface area contributed by atoms with E-state index in [1.165, 1.54) is 19.3 Å². The number of hydrogen-bond donors (Lipinski definition) is 1. The molecule has 1 aromatic heterocycles. The molecule has 0 amide bonds. The van der Waals surface area contributed by atoms with E-state index in [0.717, 1.165) is 12.2 Å². The van der Waals surface area contributed by atoms with Crippen LogP contribution in [0, 0.1) is 5.92 Å². The lowest BCUT2D eigenvalue weighted by Crippen LogP contribution is -2.25. The summed E-state index contributed by atoms with van der Waals surface area (Å²) in [6, 6.07) is 3.67. The Morgan fingerprint density at radius 3 is 2.75 bits per heavy atom. The molecule has 16 heavy (non-hydrogen) atoms. The number of aliphatic hydroxyl groups is 1. The molecule has 0 aliphatic heterocycles. The van der Waals surface area contributed by atoms with E-state index in [-0.39, 0.29) is 6.61 Å². The second-order valence-electron chi connectivity index (χ2n) is 4.64. The normalized spacial score (nSPS) is 25.9. The van der Waals surface area contributed by atoms with Crippen LogP contribution in [0.2, 0.25) is 0 Å². The molecule has 3 heteroatoms. The number of furan rings is 1. The molecule has 2 unspecified atom stereocenters. The number of rotatable bonds is 4. The lowest BCUT2D eigenvalue weighted by atomic mass is 9.88. The van der Waals surface area contributed by atoms with Crippen molar-refractivity contribution in [3.05, 3.63) is 23.7 Å². The second-order valence-corrected chi connectivity index (χ2v) is 4.64. The van der Waals surface area contributed by atoms with E-state index in [4.69, 9.17) is 14.3 Å². The molecule has 1 aliphatic carbocycles. The topological polar surface area (TPSA) is 42.6 Å². The van der Waals surface area contributed by atoms with Crippen LogP contribution in [0.1, 0.15) is 44.1 Å². The fourth-order valence-electron chi connectivity index (χ4n) is 2.30. The molecule has 0 bridgehead atoms. The molecule has 1 heterocycles. The van der Waals surface area contributed by atoms with E-state index >= 15 is 0 Å². The Morgan fingerprint density at radius 1 is 1.31 bits per heavy atom. The van der Waals surface area contributed by atoms with Gasteiger partial charge in [0, 0.05) is 0 Å². The highest BCUT2D eigenvalue weighted by Crippen LogP contribution is 2.27. The standard InChI is InChI=1S/C13H20O3/c1-10-4-2-3-5-13(10)15-9-12-7-6-11(8-14)16-12/h6-7,10,13-14H,2-5,8-9H2,1H3. The fourth-order valence-corrected chi connectivity index (χ4v) is 2.30. The third kappa shape index (κ3) is 2.86. The van der Waals surface area contributed by atoms with Crippen molar-refractivity contribution in [2.24, 2.45) is 5.92 Å². The average Bonchev–Trinajstić information content (AvgIpc) is 2.76. The van der Waals surface area contributed by atoms with Gasteiger partial charge in [-0.1, -0.05) is 19.8 Å². The summed E-state index contributed by atoms with van der Waals surface area (Å²) in [5.41, 5.74) is 0. The summed E-state index contributed by atoms with van der Waals surface area (Å²) < 4.78 is 11.2. The van der Waals surface area contributed by atoms with E-state index in [0.29, 0.717) is 24.4 Å². The summed E-state index contributed by atoms with van der Waals surface area (Å²) in [6.07, 6.45) is 5.40. The van der Waals surface area contributed by atoms with Gasteiger partial charge in [-0.15, -0.1) is 0 Å². The molecule has 0 saturated heterocycles. The third-order valence-corrected chi connectivity index (χ3v) is 3.35. The van der Waals surface area contributed by atoms with Crippen LogP contribution >= 0.6 is 0 Å². The van der Waals surface area contributed by atoms with E-state index in [9.17, 15) is 0 Å². The van der Waals surface area contributed by atoms with Crippen molar-refractivity contribution >= 4 is 0 Å². The SMILES string of the molecule is CC1CCCCC1OCc1ccc(CO)o1. The summed E-state index contributed by atoms with van der Waals surface area (Å²) in [5.74, 6) is 2.07. The van der Waals surface area contributed by atoms with Crippen LogP contribution in [0.4, 0.5) is 0 Å². The van der Waals surface area contributed by atoms with Gasteiger partial charge in [-0.3, -0.25) is 0 Å². The minimum atomic E-state index is -0.0418. The van der Waals surface area contributed by atoms with Gasteiger partial charge in [-0.2, -0.15) is 0 Å². The summed E-state index contributed by atoms with van der Waals surface area (Å²) in [5, 5.41) is 8.88. The van der Waals surface area contributed by atoms with Gasteiger partial charge in [0.15, 0.2) is 0 Å². The van der Waals surface area contributed by atoms with Crippen molar-refractivity contribution in [3.8, 4) is 0 Å². The lowest BCUT2D eigenvalue weighted by molar-refractivity contribution is -0.0225. The van der Waals surface area contributed by atoms with Crippen molar-refractivity contribution in [2.45, 2.75) is 51.9 Å². The number of ether oxygens (including phenoxy) is 1. The first kappa shape index (κ1) is 11.7. The highest BCUT2D eigenvalue weighted by Gasteiger charge is 2.22. The second kappa shape index (κ2) is 5.51. The molecule has 1 saturated carbocycles. The molecule has 0 spiro atoms. The Kier molecular flexibility index (Phi) is 4.02. The zero-order valence-corrected chi connectivity index (χ0v) is 9.82. The molecule has 2 rings (SSSR count). The molecule has 3 nitrogen and oxygen atoms in total. The van der Waals surface area contributed by atoms with E-state index in [1.807, 2.05) is 6.07 Å². The minimum absolute atomic E-state index is 0.0418. The first-order valence-corrected chi connectivity index (χ1v) is 6.09. The fraction of sp³-hybridized carbons (Fsp3) is 0.692. The molecule has 0 aromatic carbocycles. The van der Waals surface area contributed by atoms with Gasteiger partial charge in [0.25, 0.3) is 0 Å². The molecule has 1 aromatic rings. The Labute approximate surface area is 96.4 Å². The van der Waals surface area contributed by atoms with Gasteiger partial charge in [0.1, 0.15) is 24.7 Å². The Balaban J connectivity index is 1.81. The highest BCUT2D eigenvalue weighted by molar-refractivity contribution is 5.05. The minimum Gasteiger partial charge on any atom is -0.461 e. The first-order chi connectivity index (χ1) is 7.79. The summed E-state index contributed by atoms with van der Waals surface area (Å²) >= 11 is 0. The maximum atomic E-state index is 8.88. The van der Waals surface area contributed by atoms with Gasteiger partial charge in [-0.05, 0) is 30.9 Å². The Morgan fingerprint density at radius 2 is 2.06 bits per heavy atom. The molecule has 1 N–H and O–H groups in total. The van der Waals surface area contributed by atoms with E-state index in [2.05, 4.69) is 6.92 Å². The largest absolute Gasteiger partial charge is 0.461 e. The van der Waals surface area contributed by atoms with Gasteiger partial charge < -0.3 is 14.3 Å². The van der Waals surface area contributed by atoms with Crippen molar-refractivity contribution < 1.29 is 14.3 Å². The maximum absolute atomic E-state index is 8.88. The van der Waals surface area contributed by atoms with Crippen LogP contribution in [0.3, 0.4) is 0 Å². The van der Waals surface area contributed by atoms with Crippen molar-refractivity contribution in [2.75, 3.05) is 0 Å². The van der Waals surface area contributed by atoms with Crippen molar-refractivity contribution in [1.29, 1.82) is 0 Å². The van der Waals surface area contributed by atoms with Crippen LogP contribution in [0.15, 0.2) is 16.5 Å². The number of aliphatic hydroxyl groups excluding tert-OH is 1. The maximum Gasteiger partial charge on any atom is 0.130 e. The van der Waals surface area contributed by atoms with Crippen LogP contribution < -0.4 is 0 Å². The first-order valence-electron chi connectivity index (χ1n) is 6.09. The Bertz CT molecular complexity index is 319. The highest BCUT2D eigenvalue weighted by atomic mass is 16.5. The van der Waals surface area contributed by atoms with Gasteiger partial charge in [0.2, 0.25) is 0 Å². The lowest BCUT2D eigenvalue weighted by Gasteiger charge is -2.28. The zero-order valence-electron chi connectivity index (χ0n) is 9.82. The Hall–Kier alpha value is -0.800. The quantitative estimate of drug-likeness (QED) is 0.855. The van der Waals surface area contributed by atoms with Gasteiger partial charge in [-0.25, -0.2) is 0 Å². The van der Waals surface area contributed by atoms with Gasteiger partial charge in [0.05, 0.1) is 6.10 Å². The van der Waals surface area contributed by atoms with Crippen LogP contribution in [-0.4, -0.2) is 11.2 Å². The predicted octanol–water partition coefficient (Wildman–Crippen LogP) is 2.87.